The van der Waals surface area contributed by atoms with Crippen LogP contribution in [0.25, 0.3) is 0 Å². The quantitative estimate of drug-likeness (QED) is 0.0820. The first-order valence-electron chi connectivity index (χ1n) is 9.97. The van der Waals surface area contributed by atoms with Crippen LogP contribution >= 0.6 is 131 Å². The fourth-order valence-corrected chi connectivity index (χ4v) is 12.4. The zero-order valence-electron chi connectivity index (χ0n) is 20.8. The van der Waals surface area contributed by atoms with Gasteiger partial charge >= 0.3 is 17.1 Å². The Morgan fingerprint density at radius 1 is 0.432 bits per heavy atom. The normalized spacial score (nSPS) is 9.57. The van der Waals surface area contributed by atoms with Gasteiger partial charge in [-0.2, -0.15) is 0 Å². The summed E-state index contributed by atoms with van der Waals surface area (Å²) in [6.45, 7) is 11.8. The molecule has 0 aromatic carbocycles. The van der Waals surface area contributed by atoms with E-state index >= 15 is 0 Å². The Labute approximate surface area is 279 Å². The van der Waals surface area contributed by atoms with Gasteiger partial charge in [-0.25, -0.2) is 11.1 Å². The smallest absolute Gasteiger partial charge is 0.529 e. The second-order valence-electron chi connectivity index (χ2n) is 4.46. The van der Waals surface area contributed by atoms with E-state index in [9.17, 15) is 29.7 Å². The van der Waals surface area contributed by atoms with E-state index in [-0.39, 0.29) is 17.1 Å². The van der Waals surface area contributed by atoms with Crippen molar-refractivity contribution in [3.63, 3.8) is 0 Å². The van der Waals surface area contributed by atoms with Gasteiger partial charge in [0.2, 0.25) is 0 Å². The summed E-state index contributed by atoms with van der Waals surface area (Å²) in [5.74, 6) is 5.28. The molecule has 0 aromatic rings. The summed E-state index contributed by atoms with van der Waals surface area (Å²) in [4.78, 5) is 31.4. The van der Waals surface area contributed by atoms with Crippen molar-refractivity contribution < 1.29 is 46.8 Å². The Morgan fingerprint density at radius 3 is 0.649 bits per heavy atom. The van der Waals surface area contributed by atoms with Gasteiger partial charge < -0.3 is 29.7 Å². The molecule has 0 fully saturated rings. The predicted molar refractivity (Wildman–Crippen MR) is 176 cm³/mol. The van der Waals surface area contributed by atoms with Gasteiger partial charge in [-0.05, 0) is 0 Å². The number of hydrogen-bond acceptors (Lipinski definition) is 18. The third-order valence-electron chi connectivity index (χ3n) is 1.88. The molecule has 22 heteroatoms. The van der Waals surface area contributed by atoms with Gasteiger partial charge in [0.1, 0.15) is 0 Å². The van der Waals surface area contributed by atoms with E-state index in [0.717, 1.165) is 45.6 Å². The number of carboxylic acid groups (broad SMARTS) is 3. The maximum Gasteiger partial charge on any atom is 3.00 e. The van der Waals surface area contributed by atoms with Crippen LogP contribution in [0, 0.1) is 0 Å². The molecular formula is C15H30FeN3O6S12. The topological polar surface area (TPSA) is 130 Å². The van der Waals surface area contributed by atoms with Crippen LogP contribution in [-0.4, -0.2) is 63.9 Å². The summed E-state index contributed by atoms with van der Waals surface area (Å²) in [7, 11) is 16.1. The predicted octanol–water partition coefficient (Wildman–Crippen LogP) is 6.79. The molecule has 0 N–H and O–H groups in total. The van der Waals surface area contributed by atoms with Crippen LogP contribution in [0.15, 0.2) is 0 Å². The Morgan fingerprint density at radius 2 is 0.568 bits per heavy atom. The Bertz CT molecular complexity index is 458. The van der Waals surface area contributed by atoms with Crippen LogP contribution in [0.4, 0.5) is 14.4 Å². The molecule has 0 aliphatic carbocycles. The van der Waals surface area contributed by atoms with Crippen molar-refractivity contribution in [2.45, 2.75) is 41.5 Å². The molecule has 0 unspecified atom stereocenters. The minimum Gasteiger partial charge on any atom is -0.529 e. The van der Waals surface area contributed by atoms with Gasteiger partial charge in [-0.3, -0.25) is 0 Å². The summed E-state index contributed by atoms with van der Waals surface area (Å²) in [5, 5.41) is 31.4. The van der Waals surface area contributed by atoms with Crippen LogP contribution in [0.2, 0.25) is 0 Å². The van der Waals surface area contributed by atoms with Crippen LogP contribution in [0.1, 0.15) is 41.5 Å². The monoisotopic (exact) mass is 788 g/mol. The van der Waals surface area contributed by atoms with Crippen LogP contribution in [0.5, 0.6) is 0 Å². The number of nitrogens with zero attached hydrogens (tertiary/aromatic N) is 3. The van der Waals surface area contributed by atoms with Gasteiger partial charge in [0.15, 0.2) is 18.3 Å². The Kier molecular flexibility index (Phi) is 45.9. The zero-order chi connectivity index (χ0) is 28.2. The first-order valence-corrected chi connectivity index (χ1v) is 23.6. The Balaban J connectivity index is -0.000000218. The number of carbonyl (C=O) groups excluding carboxylic acids is 3. The van der Waals surface area contributed by atoms with Crippen molar-refractivity contribution in [3.05, 3.63) is 0 Å². The molecule has 221 valence electrons. The molecule has 0 aliphatic heterocycles. The minimum atomic E-state index is -1.15. The van der Waals surface area contributed by atoms with Crippen molar-refractivity contribution in [1.82, 2.24) is 11.1 Å². The zero-order valence-corrected chi connectivity index (χ0v) is 31.7. The van der Waals surface area contributed by atoms with E-state index in [1.165, 1.54) is 131 Å². The molecule has 0 saturated carbocycles. The molecule has 0 heterocycles. The number of amides is 3. The third-order valence-corrected chi connectivity index (χ3v) is 17.5. The minimum absolute atomic E-state index is 0. The first kappa shape index (κ1) is 46.5. The molecule has 1 radical (unpaired) electrons. The molecule has 0 rings (SSSR count). The number of carbonyl (C=O) groups is 3. The SMILES string of the molecule is CCSSN(SSCC)C(=O)[O-].CCSSN(SSCC)C(=O)[O-].CCSSN(SSCC)C(=O)[O-].[Fe+3]. The molecule has 9 nitrogen and oxygen atoms in total. The average molecular weight is 789 g/mol. The van der Waals surface area contributed by atoms with Gasteiger partial charge in [-0.1, -0.05) is 106 Å². The fraction of sp³-hybridized carbons (Fsp3) is 0.800. The third kappa shape index (κ3) is 34.6. The molecule has 0 saturated heterocycles. The van der Waals surface area contributed by atoms with Crippen molar-refractivity contribution in [1.29, 1.82) is 0 Å². The van der Waals surface area contributed by atoms with Crippen LogP contribution in [-0.2, 0) is 17.1 Å². The van der Waals surface area contributed by atoms with Gasteiger partial charge in [-0.15, -0.1) is 0 Å². The molecule has 0 atom stereocenters. The molecule has 0 aromatic heterocycles. The molecule has 0 spiro atoms. The number of hydrogen-bond donors (Lipinski definition) is 0. The van der Waals surface area contributed by atoms with Crippen molar-refractivity contribution in [2.75, 3.05) is 34.5 Å². The van der Waals surface area contributed by atoms with Crippen LogP contribution in [0.3, 0.4) is 0 Å². The molecular weight excluding hydrogens is 759 g/mol. The summed E-state index contributed by atoms with van der Waals surface area (Å²) >= 11 is 0. The van der Waals surface area contributed by atoms with Gasteiger partial charge in [0.25, 0.3) is 0 Å². The maximum absolute atomic E-state index is 10.5. The summed E-state index contributed by atoms with van der Waals surface area (Å²) in [6.07, 6.45) is -3.44. The van der Waals surface area contributed by atoms with Gasteiger partial charge in [0.05, 0.1) is 0 Å². The van der Waals surface area contributed by atoms with E-state index in [4.69, 9.17) is 0 Å². The maximum atomic E-state index is 10.5. The summed E-state index contributed by atoms with van der Waals surface area (Å²) in [6, 6.07) is 0. The Hall–Kier alpha value is 2.53. The van der Waals surface area contributed by atoms with Crippen LogP contribution < -0.4 is 15.3 Å². The largest absolute Gasteiger partial charge is 3.00 e. The molecule has 0 aliphatic rings. The summed E-state index contributed by atoms with van der Waals surface area (Å²) in [5.41, 5.74) is 0. The van der Waals surface area contributed by atoms with E-state index in [1.54, 1.807) is 0 Å². The second-order valence-corrected chi connectivity index (χ2v) is 20.0. The van der Waals surface area contributed by atoms with Crippen molar-refractivity contribution in [3.8, 4) is 0 Å². The van der Waals surface area contributed by atoms with E-state index in [2.05, 4.69) is 0 Å². The van der Waals surface area contributed by atoms with Crippen molar-refractivity contribution in [2.24, 2.45) is 0 Å². The van der Waals surface area contributed by atoms with E-state index < -0.39 is 18.3 Å². The molecule has 37 heavy (non-hydrogen) atoms. The number of rotatable bonds is 18. The summed E-state index contributed by atoms with van der Waals surface area (Å²) < 4.78 is 3.47. The van der Waals surface area contributed by atoms with E-state index in [1.807, 2.05) is 41.5 Å². The fourth-order valence-electron chi connectivity index (χ4n) is 0.823. The van der Waals surface area contributed by atoms with Gasteiger partial charge in [0, 0.05) is 100 Å². The average Bonchev–Trinajstić information content (AvgIpc) is 2.84. The molecule has 0 bridgehead atoms. The van der Waals surface area contributed by atoms with E-state index in [0.29, 0.717) is 0 Å². The first-order chi connectivity index (χ1) is 17.2. The second kappa shape index (κ2) is 36.6. The molecule has 3 amide bonds. The van der Waals surface area contributed by atoms with Crippen molar-refractivity contribution >= 4 is 149 Å². The standard InChI is InChI=1S/3C5H11NO2S4.Fe/c3*1-3-9-11-6(5(7)8)12-10-4-2;/h3*3-4H2,1-2H3,(H,7,8);/q;;;+3/p-3.